The molecule has 1 saturated heterocycles. The third-order valence-electron chi connectivity index (χ3n) is 4.35. The Morgan fingerprint density at radius 2 is 2.05 bits per heavy atom. The molecular formula is C17H26N4O. The summed E-state index contributed by atoms with van der Waals surface area (Å²) in [4.78, 5) is 6.60. The molecule has 0 aromatic heterocycles. The maximum Gasteiger partial charge on any atom is 0.191 e. The van der Waals surface area contributed by atoms with Crippen molar-refractivity contribution in [1.82, 2.24) is 15.5 Å². The highest BCUT2D eigenvalue weighted by atomic mass is 16.3. The SMILES string of the molecule is CN=C(NCc1ccccc1CN1CCC(O)C1)NC1CC1. The fraction of sp³-hybridized carbons (Fsp3) is 0.588. The maximum absolute atomic E-state index is 9.67. The van der Waals surface area contributed by atoms with Gasteiger partial charge in [0.05, 0.1) is 6.10 Å². The van der Waals surface area contributed by atoms with Crippen molar-refractivity contribution in [1.29, 1.82) is 0 Å². The number of aliphatic hydroxyl groups is 1. The van der Waals surface area contributed by atoms with Gasteiger partial charge in [0.1, 0.15) is 0 Å². The van der Waals surface area contributed by atoms with Gasteiger partial charge >= 0.3 is 0 Å². The van der Waals surface area contributed by atoms with Crippen LogP contribution in [0.5, 0.6) is 0 Å². The monoisotopic (exact) mass is 302 g/mol. The molecule has 22 heavy (non-hydrogen) atoms. The lowest BCUT2D eigenvalue weighted by Gasteiger charge is -2.18. The number of rotatable bonds is 5. The maximum atomic E-state index is 9.67. The summed E-state index contributed by atoms with van der Waals surface area (Å²) in [5.41, 5.74) is 2.62. The lowest BCUT2D eigenvalue weighted by atomic mass is 10.1. The van der Waals surface area contributed by atoms with E-state index in [0.717, 1.165) is 38.6 Å². The van der Waals surface area contributed by atoms with Crippen molar-refractivity contribution in [3.8, 4) is 0 Å². The first kappa shape index (κ1) is 15.3. The molecule has 1 atom stereocenters. The van der Waals surface area contributed by atoms with Gasteiger partial charge in [-0.1, -0.05) is 24.3 Å². The van der Waals surface area contributed by atoms with E-state index in [4.69, 9.17) is 0 Å². The van der Waals surface area contributed by atoms with Crippen LogP contribution in [0.15, 0.2) is 29.3 Å². The van der Waals surface area contributed by atoms with Gasteiger partial charge in [0.25, 0.3) is 0 Å². The van der Waals surface area contributed by atoms with E-state index < -0.39 is 0 Å². The van der Waals surface area contributed by atoms with Gasteiger partial charge < -0.3 is 15.7 Å². The molecule has 1 aliphatic carbocycles. The normalized spacial score (nSPS) is 22.8. The molecule has 3 rings (SSSR count). The van der Waals surface area contributed by atoms with E-state index in [1.54, 1.807) is 0 Å². The number of hydrogen-bond acceptors (Lipinski definition) is 3. The summed E-state index contributed by atoms with van der Waals surface area (Å²) < 4.78 is 0. The summed E-state index contributed by atoms with van der Waals surface area (Å²) in [7, 11) is 1.81. The third-order valence-corrected chi connectivity index (χ3v) is 4.35. The average molecular weight is 302 g/mol. The lowest BCUT2D eigenvalue weighted by Crippen LogP contribution is -2.38. The van der Waals surface area contributed by atoms with Crippen LogP contribution in [0.25, 0.3) is 0 Å². The van der Waals surface area contributed by atoms with Gasteiger partial charge in [-0.15, -0.1) is 0 Å². The summed E-state index contributed by atoms with van der Waals surface area (Å²) in [5.74, 6) is 0.883. The van der Waals surface area contributed by atoms with Crippen molar-refractivity contribution >= 4 is 5.96 Å². The molecule has 2 aliphatic rings. The molecule has 0 amide bonds. The molecule has 1 aromatic rings. The Labute approximate surface area is 132 Å². The van der Waals surface area contributed by atoms with Crippen molar-refractivity contribution in [3.05, 3.63) is 35.4 Å². The summed E-state index contributed by atoms with van der Waals surface area (Å²) in [6.07, 6.45) is 3.22. The second-order valence-electron chi connectivity index (χ2n) is 6.29. The quantitative estimate of drug-likeness (QED) is 0.563. The molecule has 0 bridgehead atoms. The number of nitrogens with zero attached hydrogens (tertiary/aromatic N) is 2. The van der Waals surface area contributed by atoms with Crippen LogP contribution in [0.3, 0.4) is 0 Å². The highest BCUT2D eigenvalue weighted by Gasteiger charge is 2.22. The Bertz CT molecular complexity index is 527. The molecule has 0 radical (unpaired) electrons. The van der Waals surface area contributed by atoms with Crippen molar-refractivity contribution in [2.24, 2.45) is 4.99 Å². The minimum absolute atomic E-state index is 0.160. The predicted octanol–water partition coefficient (Wildman–Crippen LogP) is 1.08. The van der Waals surface area contributed by atoms with Crippen LogP contribution in [-0.4, -0.2) is 48.2 Å². The predicted molar refractivity (Wildman–Crippen MR) is 88.7 cm³/mol. The van der Waals surface area contributed by atoms with Gasteiger partial charge in [-0.25, -0.2) is 0 Å². The zero-order valence-corrected chi connectivity index (χ0v) is 13.3. The first-order valence-electron chi connectivity index (χ1n) is 8.19. The van der Waals surface area contributed by atoms with Crippen LogP contribution >= 0.6 is 0 Å². The van der Waals surface area contributed by atoms with Gasteiger partial charge in [0.2, 0.25) is 0 Å². The zero-order chi connectivity index (χ0) is 15.4. The van der Waals surface area contributed by atoms with Gasteiger partial charge in [-0.05, 0) is 30.4 Å². The fourth-order valence-electron chi connectivity index (χ4n) is 2.88. The Hall–Kier alpha value is -1.59. The third kappa shape index (κ3) is 4.21. The Balaban J connectivity index is 1.58. The lowest BCUT2D eigenvalue weighted by molar-refractivity contribution is 0.174. The molecule has 1 aliphatic heterocycles. The molecule has 5 heteroatoms. The highest BCUT2D eigenvalue weighted by Crippen LogP contribution is 2.19. The van der Waals surface area contributed by atoms with E-state index in [2.05, 4.69) is 44.8 Å². The number of benzene rings is 1. The number of β-amino-alcohol motifs (C(OH)–C–C–N with tert-alkyl or cyclic N) is 1. The largest absolute Gasteiger partial charge is 0.392 e. The van der Waals surface area contributed by atoms with E-state index in [1.165, 1.54) is 24.0 Å². The molecule has 1 heterocycles. The highest BCUT2D eigenvalue weighted by molar-refractivity contribution is 5.80. The number of guanidine groups is 1. The molecule has 1 unspecified atom stereocenters. The molecule has 120 valence electrons. The molecule has 3 N–H and O–H groups in total. The summed E-state index contributed by atoms with van der Waals surface area (Å²) in [5, 5.41) is 16.5. The smallest absolute Gasteiger partial charge is 0.191 e. The molecule has 2 fully saturated rings. The van der Waals surface area contributed by atoms with Crippen molar-refractivity contribution in [2.75, 3.05) is 20.1 Å². The molecule has 1 aromatic carbocycles. The number of aliphatic hydroxyl groups excluding tert-OH is 1. The average Bonchev–Trinajstić information content (AvgIpc) is 3.26. The summed E-state index contributed by atoms with van der Waals surface area (Å²) in [6.45, 7) is 3.45. The van der Waals surface area contributed by atoms with E-state index in [0.29, 0.717) is 6.04 Å². The van der Waals surface area contributed by atoms with E-state index in [-0.39, 0.29) is 6.10 Å². The van der Waals surface area contributed by atoms with Crippen LogP contribution in [0.1, 0.15) is 30.4 Å². The van der Waals surface area contributed by atoms with Crippen molar-refractivity contribution in [3.63, 3.8) is 0 Å². The Kier molecular flexibility index (Phi) is 4.95. The number of aliphatic imine (C=N–C) groups is 1. The van der Waals surface area contributed by atoms with E-state index in [1.807, 2.05) is 7.05 Å². The molecule has 1 saturated carbocycles. The van der Waals surface area contributed by atoms with E-state index >= 15 is 0 Å². The molecular weight excluding hydrogens is 276 g/mol. The minimum Gasteiger partial charge on any atom is -0.392 e. The second-order valence-corrected chi connectivity index (χ2v) is 6.29. The van der Waals surface area contributed by atoms with Crippen LogP contribution in [0.2, 0.25) is 0 Å². The van der Waals surface area contributed by atoms with Crippen molar-refractivity contribution < 1.29 is 5.11 Å². The summed E-state index contributed by atoms with van der Waals surface area (Å²) in [6, 6.07) is 9.12. The summed E-state index contributed by atoms with van der Waals surface area (Å²) >= 11 is 0. The topological polar surface area (TPSA) is 59.9 Å². The number of likely N-dealkylation sites (tertiary alicyclic amines) is 1. The number of hydrogen-bond donors (Lipinski definition) is 3. The number of nitrogens with one attached hydrogen (secondary N) is 2. The standard InChI is InChI=1S/C17H26N4O/c1-18-17(20-15-6-7-15)19-10-13-4-2-3-5-14(13)11-21-9-8-16(22)12-21/h2-5,15-16,22H,6-12H2,1H3,(H2,18,19,20). The van der Waals surface area contributed by atoms with Crippen LogP contribution in [0.4, 0.5) is 0 Å². The van der Waals surface area contributed by atoms with Gasteiger partial charge in [0.15, 0.2) is 5.96 Å². The second kappa shape index (κ2) is 7.11. The van der Waals surface area contributed by atoms with Crippen LogP contribution < -0.4 is 10.6 Å². The molecule has 5 nitrogen and oxygen atoms in total. The Morgan fingerprint density at radius 3 is 2.68 bits per heavy atom. The molecule has 0 spiro atoms. The fourth-order valence-corrected chi connectivity index (χ4v) is 2.88. The van der Waals surface area contributed by atoms with Crippen molar-refractivity contribution in [2.45, 2.75) is 44.5 Å². The minimum atomic E-state index is -0.160. The van der Waals surface area contributed by atoms with Crippen LogP contribution in [0, 0.1) is 0 Å². The first-order valence-corrected chi connectivity index (χ1v) is 8.19. The Morgan fingerprint density at radius 1 is 1.27 bits per heavy atom. The van der Waals surface area contributed by atoms with Gasteiger partial charge in [-0.2, -0.15) is 0 Å². The van der Waals surface area contributed by atoms with Crippen LogP contribution in [-0.2, 0) is 13.1 Å². The van der Waals surface area contributed by atoms with E-state index in [9.17, 15) is 5.11 Å². The first-order chi connectivity index (χ1) is 10.7. The van der Waals surface area contributed by atoms with Gasteiger partial charge in [-0.3, -0.25) is 9.89 Å². The van der Waals surface area contributed by atoms with Gasteiger partial charge in [0, 0.05) is 39.3 Å². The zero-order valence-electron chi connectivity index (χ0n) is 13.3.